The molecule has 7 heteroatoms. The van der Waals surface area contributed by atoms with Crippen molar-refractivity contribution in [2.24, 2.45) is 4.99 Å². The molecule has 1 aromatic carbocycles. The number of para-hydroxylation sites is 1. The van der Waals surface area contributed by atoms with E-state index in [1.807, 2.05) is 50.3 Å². The number of aryl methyl sites for hydroxylation is 2. The Hall–Kier alpha value is -3.58. The van der Waals surface area contributed by atoms with Crippen molar-refractivity contribution in [2.75, 3.05) is 20.3 Å². The van der Waals surface area contributed by atoms with E-state index >= 15 is 0 Å². The lowest BCUT2D eigenvalue weighted by Gasteiger charge is -2.06. The average Bonchev–Trinajstić information content (AvgIpc) is 3.42. The minimum absolute atomic E-state index is 0.0256. The number of hydrogen-bond donors (Lipinski definition) is 4. The first-order valence-electron chi connectivity index (χ1n) is 10.2. The lowest BCUT2D eigenvalue weighted by molar-refractivity contribution is -0.115. The van der Waals surface area contributed by atoms with E-state index in [-0.39, 0.29) is 12.5 Å². The fourth-order valence-corrected chi connectivity index (χ4v) is 3.78. The van der Waals surface area contributed by atoms with Crippen molar-refractivity contribution in [1.29, 1.82) is 0 Å². The summed E-state index contributed by atoms with van der Waals surface area (Å²) in [7, 11) is 1.62. The fourth-order valence-electron chi connectivity index (χ4n) is 3.78. The van der Waals surface area contributed by atoms with Gasteiger partial charge in [0.05, 0.1) is 28.7 Å². The number of amides is 1. The molecule has 0 unspecified atom stereocenters. The summed E-state index contributed by atoms with van der Waals surface area (Å²) in [4.78, 5) is 24.4. The van der Waals surface area contributed by atoms with Gasteiger partial charge in [0.1, 0.15) is 11.4 Å². The number of hydrogen-bond acceptors (Lipinski definition) is 4. The second-order valence-corrected chi connectivity index (χ2v) is 7.54. The van der Waals surface area contributed by atoms with Crippen molar-refractivity contribution in [3.05, 3.63) is 74.6 Å². The van der Waals surface area contributed by atoms with Crippen LogP contribution in [0.2, 0.25) is 0 Å². The van der Waals surface area contributed by atoms with Gasteiger partial charge in [-0.15, -0.1) is 0 Å². The summed E-state index contributed by atoms with van der Waals surface area (Å²) in [5, 5.41) is 14.9. The van der Waals surface area contributed by atoms with Crippen molar-refractivity contribution in [3.63, 3.8) is 0 Å². The van der Waals surface area contributed by atoms with Crippen LogP contribution in [-0.2, 0) is 4.79 Å². The molecule has 4 rings (SSSR count). The third-order valence-electron chi connectivity index (χ3n) is 5.25. The second kappa shape index (κ2) is 8.65. The summed E-state index contributed by atoms with van der Waals surface area (Å²) in [5.41, 5.74) is 4.29. The van der Waals surface area contributed by atoms with Crippen LogP contribution in [0.15, 0.2) is 41.4 Å². The van der Waals surface area contributed by atoms with Crippen molar-refractivity contribution >= 4 is 23.3 Å². The average molecular weight is 418 g/mol. The first-order chi connectivity index (χ1) is 15.0. The zero-order chi connectivity index (χ0) is 22.0. The molecule has 0 bridgehead atoms. The third kappa shape index (κ3) is 4.04. The zero-order valence-electron chi connectivity index (χ0n) is 17.9. The van der Waals surface area contributed by atoms with Crippen LogP contribution in [0, 0.1) is 13.8 Å². The molecule has 31 heavy (non-hydrogen) atoms. The lowest BCUT2D eigenvalue weighted by atomic mass is 10.1. The minimum atomic E-state index is -0.216. The normalized spacial score (nSPS) is 15.1. The Bertz CT molecular complexity index is 1380. The van der Waals surface area contributed by atoms with Gasteiger partial charge in [0.15, 0.2) is 0 Å². The smallest absolute Gasteiger partial charge is 0.254 e. The van der Waals surface area contributed by atoms with Crippen LogP contribution in [0.25, 0.3) is 17.3 Å². The van der Waals surface area contributed by atoms with E-state index < -0.39 is 0 Å². The van der Waals surface area contributed by atoms with Gasteiger partial charge in [-0.25, -0.2) is 4.99 Å². The highest BCUT2D eigenvalue weighted by Crippen LogP contribution is 2.15. The molecule has 7 nitrogen and oxygen atoms in total. The number of nitrogens with one attached hydrogen (secondary N) is 3. The van der Waals surface area contributed by atoms with E-state index in [4.69, 9.17) is 14.8 Å². The largest absolute Gasteiger partial charge is 0.494 e. The molecule has 1 aliphatic heterocycles. The van der Waals surface area contributed by atoms with Gasteiger partial charge < -0.3 is 25.1 Å². The van der Waals surface area contributed by atoms with Gasteiger partial charge in [-0.2, -0.15) is 0 Å². The maximum Gasteiger partial charge on any atom is 0.254 e. The molecule has 160 valence electrons. The van der Waals surface area contributed by atoms with E-state index in [0.717, 1.165) is 32.9 Å². The Morgan fingerprint density at radius 1 is 1.23 bits per heavy atom. The zero-order valence-corrected chi connectivity index (χ0v) is 17.9. The molecule has 0 spiro atoms. The van der Waals surface area contributed by atoms with Crippen LogP contribution in [-0.4, -0.2) is 41.2 Å². The molecule has 0 saturated heterocycles. The Kier molecular flexibility index (Phi) is 5.77. The standard InChI is InChI=1S/C24H26N4O3/c1-14-11-15(2)26-18(14)12-19-21(31-3)13-20(27-19)23-22(24(30)25-9-6-10-29)16-7-4-5-8-17(16)28-23/h4-5,7-8,11-13,26-27,29H,6,9-10H2,1-3H3,(H,25,30). The molecular weight excluding hydrogens is 392 g/mol. The first-order valence-corrected chi connectivity index (χ1v) is 10.2. The van der Waals surface area contributed by atoms with Gasteiger partial charge in [-0.3, -0.25) is 4.79 Å². The van der Waals surface area contributed by atoms with Crippen LogP contribution < -0.4 is 31.3 Å². The number of aromatic amines is 2. The quantitative estimate of drug-likeness (QED) is 0.420. The van der Waals surface area contributed by atoms with E-state index in [1.54, 1.807) is 7.11 Å². The van der Waals surface area contributed by atoms with Gasteiger partial charge in [0.2, 0.25) is 0 Å². The maximum absolute atomic E-state index is 13.0. The van der Waals surface area contributed by atoms with Gasteiger partial charge >= 0.3 is 0 Å². The molecule has 0 fully saturated rings. The van der Waals surface area contributed by atoms with E-state index in [9.17, 15) is 4.79 Å². The Balaban J connectivity index is 1.90. The Morgan fingerprint density at radius 2 is 2.03 bits per heavy atom. The fraction of sp³-hybridized carbons (Fsp3) is 0.250. The SMILES string of the molecule is COc1cc(=C2N=c3ccccc3=C2C(=O)NCCCO)[nH]c1=Cc1[nH]c(C)cc1C. The molecule has 1 amide bonds. The summed E-state index contributed by atoms with van der Waals surface area (Å²) in [5.74, 6) is 0.451. The number of carbonyl (C=O) groups excluding carboxylic acids is 1. The minimum Gasteiger partial charge on any atom is -0.494 e. The molecule has 4 N–H and O–H groups in total. The van der Waals surface area contributed by atoms with Crippen LogP contribution in [0.5, 0.6) is 5.75 Å². The van der Waals surface area contributed by atoms with Crippen LogP contribution in [0.3, 0.4) is 0 Å². The molecule has 2 aromatic heterocycles. The predicted octanol–water partition coefficient (Wildman–Crippen LogP) is -0.112. The number of methoxy groups -OCH3 is 1. The number of aliphatic hydroxyl groups is 1. The molecule has 3 aromatic rings. The monoisotopic (exact) mass is 418 g/mol. The molecule has 0 saturated carbocycles. The number of aliphatic hydroxyl groups excluding tert-OH is 1. The topological polar surface area (TPSA) is 102 Å². The van der Waals surface area contributed by atoms with Gasteiger partial charge in [0.25, 0.3) is 5.91 Å². The van der Waals surface area contributed by atoms with Crippen molar-refractivity contribution in [1.82, 2.24) is 15.3 Å². The van der Waals surface area contributed by atoms with Gasteiger partial charge in [-0.1, -0.05) is 18.2 Å². The van der Waals surface area contributed by atoms with Crippen LogP contribution >= 0.6 is 0 Å². The van der Waals surface area contributed by atoms with Crippen LogP contribution in [0.4, 0.5) is 0 Å². The van der Waals surface area contributed by atoms with Gasteiger partial charge in [-0.05, 0) is 44.0 Å². The van der Waals surface area contributed by atoms with E-state index in [1.165, 1.54) is 0 Å². The molecule has 0 radical (unpaired) electrons. The number of carbonyl (C=O) groups is 1. The van der Waals surface area contributed by atoms with Crippen molar-refractivity contribution < 1.29 is 14.6 Å². The molecule has 0 atom stereocenters. The summed E-state index contributed by atoms with van der Waals surface area (Å²) in [6.45, 7) is 4.49. The molecule has 1 aliphatic rings. The number of ether oxygens (including phenoxy) is 1. The highest BCUT2D eigenvalue weighted by atomic mass is 16.5. The highest BCUT2D eigenvalue weighted by molar-refractivity contribution is 6.27. The molecular formula is C24H26N4O3. The summed E-state index contributed by atoms with van der Waals surface area (Å²) in [6, 6.07) is 11.5. The van der Waals surface area contributed by atoms with Crippen LogP contribution in [0.1, 0.15) is 23.4 Å². The van der Waals surface area contributed by atoms with Crippen molar-refractivity contribution in [2.45, 2.75) is 20.3 Å². The number of H-pyrrole nitrogens is 2. The molecule has 0 aliphatic carbocycles. The lowest BCUT2D eigenvalue weighted by Crippen LogP contribution is -2.32. The number of rotatable bonds is 6. The summed E-state index contributed by atoms with van der Waals surface area (Å²) >= 11 is 0. The van der Waals surface area contributed by atoms with E-state index in [2.05, 4.69) is 21.4 Å². The Labute approximate surface area is 179 Å². The first kappa shape index (κ1) is 20.7. The Morgan fingerprint density at radius 3 is 2.74 bits per heavy atom. The third-order valence-corrected chi connectivity index (χ3v) is 5.25. The van der Waals surface area contributed by atoms with E-state index in [0.29, 0.717) is 35.3 Å². The highest BCUT2D eigenvalue weighted by Gasteiger charge is 2.21. The number of aromatic nitrogens is 2. The predicted molar refractivity (Wildman–Crippen MR) is 119 cm³/mol. The summed E-state index contributed by atoms with van der Waals surface area (Å²) < 4.78 is 5.59. The number of fused-ring (bicyclic) bond motifs is 1. The van der Waals surface area contributed by atoms with Gasteiger partial charge in [0, 0.05) is 35.8 Å². The molecule has 3 heterocycles. The maximum atomic E-state index is 13.0. The van der Waals surface area contributed by atoms with Crippen molar-refractivity contribution in [3.8, 4) is 5.75 Å². The number of benzene rings is 1. The second-order valence-electron chi connectivity index (χ2n) is 7.54. The number of nitrogens with zero attached hydrogens (tertiary/aromatic N) is 1. The summed E-state index contributed by atoms with van der Waals surface area (Å²) in [6.07, 6.45) is 2.49.